The lowest BCUT2D eigenvalue weighted by molar-refractivity contribution is -0.0592. The van der Waals surface area contributed by atoms with E-state index in [0.717, 1.165) is 6.61 Å². The molecule has 0 aliphatic rings. The molecule has 1 heteroatoms. The molecule has 0 amide bonds. The minimum atomic E-state index is 0.0462. The lowest BCUT2D eigenvalue weighted by atomic mass is 9.87. The van der Waals surface area contributed by atoms with Crippen molar-refractivity contribution in [3.8, 4) is 0 Å². The first-order chi connectivity index (χ1) is 11.5. The Morgan fingerprint density at radius 2 is 1.04 bits per heavy atom. The molecule has 0 heterocycles. The van der Waals surface area contributed by atoms with Gasteiger partial charge in [0.1, 0.15) is 0 Å². The van der Waals surface area contributed by atoms with Crippen molar-refractivity contribution in [3.05, 3.63) is 0 Å². The minimum absolute atomic E-state index is 0.0462. The van der Waals surface area contributed by atoms with Crippen LogP contribution in [0.1, 0.15) is 131 Å². The summed E-state index contributed by atoms with van der Waals surface area (Å²) in [5.41, 5.74) is 0.0462. The van der Waals surface area contributed by atoms with Crippen molar-refractivity contribution in [3.63, 3.8) is 0 Å². The van der Waals surface area contributed by atoms with Gasteiger partial charge >= 0.3 is 0 Å². The molecule has 0 spiro atoms. The van der Waals surface area contributed by atoms with Crippen LogP contribution in [0.2, 0.25) is 0 Å². The van der Waals surface area contributed by atoms with Crippen LogP contribution in [0.4, 0.5) is 0 Å². The molecule has 0 radical (unpaired) electrons. The minimum Gasteiger partial charge on any atom is -0.375 e. The van der Waals surface area contributed by atoms with Gasteiger partial charge in [-0.2, -0.15) is 0 Å². The molecular formula is C23H48O. The number of hydrogen-bond donors (Lipinski definition) is 0. The summed E-state index contributed by atoms with van der Waals surface area (Å²) in [6.45, 7) is 12.5. The van der Waals surface area contributed by atoms with E-state index in [2.05, 4.69) is 34.6 Å². The van der Waals surface area contributed by atoms with Gasteiger partial charge in [-0.05, 0) is 32.6 Å². The molecule has 0 fully saturated rings. The molecule has 0 saturated heterocycles. The highest BCUT2D eigenvalue weighted by Crippen LogP contribution is 2.26. The molecule has 0 bridgehead atoms. The highest BCUT2D eigenvalue weighted by molar-refractivity contribution is 4.76. The Kier molecular flexibility index (Phi) is 16.4. The van der Waals surface area contributed by atoms with Gasteiger partial charge in [0.2, 0.25) is 0 Å². The second-order valence-electron chi connectivity index (χ2n) is 8.38. The van der Waals surface area contributed by atoms with Crippen LogP contribution in [0, 0.1) is 5.92 Å². The van der Waals surface area contributed by atoms with Crippen molar-refractivity contribution in [2.24, 2.45) is 5.92 Å². The van der Waals surface area contributed by atoms with Gasteiger partial charge in [-0.25, -0.2) is 0 Å². The molecule has 1 nitrogen and oxygen atoms in total. The Hall–Kier alpha value is -0.0400. The molecule has 0 aromatic rings. The van der Waals surface area contributed by atoms with Crippen molar-refractivity contribution in [2.45, 2.75) is 137 Å². The van der Waals surface area contributed by atoms with E-state index in [1.54, 1.807) is 0 Å². The fraction of sp³-hybridized carbons (Fsp3) is 1.00. The van der Waals surface area contributed by atoms with Crippen molar-refractivity contribution >= 4 is 0 Å². The maximum Gasteiger partial charge on any atom is 0.0651 e. The van der Waals surface area contributed by atoms with Crippen LogP contribution in [0.5, 0.6) is 0 Å². The zero-order valence-electron chi connectivity index (χ0n) is 17.8. The Morgan fingerprint density at radius 3 is 1.54 bits per heavy atom. The molecule has 146 valence electrons. The molecule has 0 aromatic heterocycles. The summed E-state index contributed by atoms with van der Waals surface area (Å²) in [4.78, 5) is 0. The Morgan fingerprint density at radius 1 is 0.625 bits per heavy atom. The fourth-order valence-corrected chi connectivity index (χ4v) is 3.29. The lowest BCUT2D eigenvalue weighted by Crippen LogP contribution is -2.33. The Balaban J connectivity index is 3.54. The largest absolute Gasteiger partial charge is 0.375 e. The highest BCUT2D eigenvalue weighted by Gasteiger charge is 2.25. The van der Waals surface area contributed by atoms with E-state index < -0.39 is 0 Å². The van der Waals surface area contributed by atoms with Crippen LogP contribution < -0.4 is 0 Å². The van der Waals surface area contributed by atoms with Crippen molar-refractivity contribution in [2.75, 3.05) is 6.61 Å². The summed E-state index contributed by atoms with van der Waals surface area (Å²) in [5, 5.41) is 0. The van der Waals surface area contributed by atoms with Gasteiger partial charge in [-0.1, -0.05) is 104 Å². The molecular weight excluding hydrogens is 292 g/mol. The second-order valence-corrected chi connectivity index (χ2v) is 8.38. The molecule has 0 rings (SSSR count). The first-order valence-electron chi connectivity index (χ1n) is 11.2. The normalized spacial score (nSPS) is 13.4. The number of hydrogen-bond acceptors (Lipinski definition) is 1. The van der Waals surface area contributed by atoms with Gasteiger partial charge in [-0.3, -0.25) is 0 Å². The van der Waals surface area contributed by atoms with Gasteiger partial charge in [0.25, 0.3) is 0 Å². The van der Waals surface area contributed by atoms with E-state index in [0.29, 0.717) is 5.92 Å². The average molecular weight is 341 g/mol. The molecule has 0 saturated carbocycles. The predicted octanol–water partition coefficient (Wildman–Crippen LogP) is 8.31. The summed E-state index contributed by atoms with van der Waals surface area (Å²) >= 11 is 0. The molecule has 0 aliphatic carbocycles. The first kappa shape index (κ1) is 24.0. The summed E-state index contributed by atoms with van der Waals surface area (Å²) < 4.78 is 6.23. The number of ether oxygens (including phenoxy) is 1. The van der Waals surface area contributed by atoms with Gasteiger partial charge in [-0.15, -0.1) is 0 Å². The second kappa shape index (κ2) is 16.4. The third kappa shape index (κ3) is 14.3. The smallest absolute Gasteiger partial charge is 0.0651 e. The molecule has 24 heavy (non-hydrogen) atoms. The Labute approximate surface area is 154 Å². The van der Waals surface area contributed by atoms with E-state index in [-0.39, 0.29) is 5.60 Å². The van der Waals surface area contributed by atoms with Crippen molar-refractivity contribution in [1.29, 1.82) is 0 Å². The molecule has 1 atom stereocenters. The predicted molar refractivity (Wildman–Crippen MR) is 110 cm³/mol. The van der Waals surface area contributed by atoms with E-state index in [1.807, 2.05) is 0 Å². The zero-order chi connectivity index (χ0) is 18.1. The van der Waals surface area contributed by atoms with Crippen LogP contribution in [-0.4, -0.2) is 12.2 Å². The van der Waals surface area contributed by atoms with E-state index >= 15 is 0 Å². The summed E-state index contributed by atoms with van der Waals surface area (Å²) in [6.07, 6.45) is 20.7. The fourth-order valence-electron chi connectivity index (χ4n) is 3.29. The summed E-state index contributed by atoms with van der Waals surface area (Å²) in [5.74, 6) is 0.665. The van der Waals surface area contributed by atoms with Crippen molar-refractivity contribution in [1.82, 2.24) is 0 Å². The maximum absolute atomic E-state index is 6.23. The average Bonchev–Trinajstić information content (AvgIpc) is 2.56. The third-order valence-electron chi connectivity index (χ3n) is 5.65. The van der Waals surface area contributed by atoms with Gasteiger partial charge < -0.3 is 4.74 Å². The lowest BCUT2D eigenvalue weighted by Gasteiger charge is -2.32. The van der Waals surface area contributed by atoms with E-state index in [4.69, 9.17) is 4.74 Å². The van der Waals surface area contributed by atoms with Crippen LogP contribution in [-0.2, 0) is 4.74 Å². The van der Waals surface area contributed by atoms with E-state index in [9.17, 15) is 0 Å². The number of rotatable bonds is 18. The first-order valence-corrected chi connectivity index (χ1v) is 11.2. The number of unbranched alkanes of at least 4 members (excludes halogenated alkanes) is 12. The maximum atomic E-state index is 6.23. The van der Waals surface area contributed by atoms with Gasteiger partial charge in [0.05, 0.1) is 5.60 Å². The van der Waals surface area contributed by atoms with Gasteiger partial charge in [0.15, 0.2) is 0 Å². The quantitative estimate of drug-likeness (QED) is 0.228. The van der Waals surface area contributed by atoms with E-state index in [1.165, 1.54) is 96.3 Å². The zero-order valence-corrected chi connectivity index (χ0v) is 17.8. The summed E-state index contributed by atoms with van der Waals surface area (Å²) in [6, 6.07) is 0. The van der Waals surface area contributed by atoms with Crippen molar-refractivity contribution < 1.29 is 4.74 Å². The Bertz CT molecular complexity index is 246. The molecule has 0 aliphatic heterocycles. The standard InChI is InChI=1S/C23H48O/c1-6-8-10-12-14-15-17-19-21-24-23(4,5)22(3)20-18-16-13-11-9-7-2/h22H,6-21H2,1-5H3. The van der Waals surface area contributed by atoms with Crippen LogP contribution in [0.25, 0.3) is 0 Å². The van der Waals surface area contributed by atoms with Gasteiger partial charge in [0, 0.05) is 6.61 Å². The van der Waals surface area contributed by atoms with Crippen LogP contribution in [0.3, 0.4) is 0 Å². The molecule has 0 N–H and O–H groups in total. The van der Waals surface area contributed by atoms with Crippen LogP contribution >= 0.6 is 0 Å². The molecule has 0 aromatic carbocycles. The topological polar surface area (TPSA) is 9.23 Å². The summed E-state index contributed by atoms with van der Waals surface area (Å²) in [7, 11) is 0. The monoisotopic (exact) mass is 340 g/mol. The highest BCUT2D eigenvalue weighted by atomic mass is 16.5. The third-order valence-corrected chi connectivity index (χ3v) is 5.65. The molecule has 1 unspecified atom stereocenters. The SMILES string of the molecule is CCCCCCCCCCOC(C)(C)C(C)CCCCCCCC. The van der Waals surface area contributed by atoms with Crippen LogP contribution in [0.15, 0.2) is 0 Å².